The summed E-state index contributed by atoms with van der Waals surface area (Å²) in [5, 5.41) is 0. The lowest BCUT2D eigenvalue weighted by Gasteiger charge is -2.31. The summed E-state index contributed by atoms with van der Waals surface area (Å²) in [5.74, 6) is 0. The molecule has 0 rings (SSSR count). The van der Waals surface area contributed by atoms with Crippen molar-refractivity contribution in [3.05, 3.63) is 0 Å². The molecule has 0 aromatic heterocycles. The molecule has 0 aromatic rings. The second-order valence-corrected chi connectivity index (χ2v) is 18.0. The molecule has 6 atom stereocenters. The van der Waals surface area contributed by atoms with Crippen molar-refractivity contribution in [1.29, 1.82) is 0 Å². The van der Waals surface area contributed by atoms with E-state index >= 15 is 0 Å². The quantitative estimate of drug-likeness (QED) is 0.0578. The lowest BCUT2D eigenvalue weighted by Crippen LogP contribution is -2.44. The van der Waals surface area contributed by atoms with Crippen LogP contribution in [0, 0.1) is 0 Å². The van der Waals surface area contributed by atoms with Crippen LogP contribution in [0.5, 0.6) is 0 Å². The normalized spacial score (nSPS) is 14.4. The van der Waals surface area contributed by atoms with Gasteiger partial charge in [0, 0.05) is 52.9 Å². The standard InChI is InChI=1S/C56H114O20/c1-9-17-57-25-29-65-41-51(71-37-33-61-21-13-5)45-69-49-55(75-47-53(73-39-35-63-23-15-7)43-67-31-27-59-19-11-3)56(76-48-54(74-40-36-64-24-16-8)44-68-32-28-60-20-12-4)50-70-46-52(72-38-34-62-22-14-6)42-66-30-26-58-18-10-2/h51-56H,9-50H2,1-8H3. The van der Waals surface area contributed by atoms with Crippen LogP contribution >= 0.6 is 0 Å². The van der Waals surface area contributed by atoms with Crippen molar-refractivity contribution in [1.82, 2.24) is 0 Å². The summed E-state index contributed by atoms with van der Waals surface area (Å²) in [7, 11) is 0. The Morgan fingerprint density at radius 3 is 0.566 bits per heavy atom. The number of hydrogen-bond donors (Lipinski definition) is 0. The Labute approximate surface area is 461 Å². The average Bonchev–Trinajstić information content (AvgIpc) is 3.42. The van der Waals surface area contributed by atoms with Crippen molar-refractivity contribution >= 4 is 0 Å². The number of ether oxygens (including phenoxy) is 20. The van der Waals surface area contributed by atoms with Crippen LogP contribution in [0.2, 0.25) is 0 Å². The lowest BCUT2D eigenvalue weighted by molar-refractivity contribution is -0.175. The highest BCUT2D eigenvalue weighted by atomic mass is 16.6. The zero-order valence-electron chi connectivity index (χ0n) is 49.3. The Morgan fingerprint density at radius 1 is 0.158 bits per heavy atom. The molecule has 458 valence electrons. The highest BCUT2D eigenvalue weighted by molar-refractivity contribution is 4.75. The van der Waals surface area contributed by atoms with Crippen LogP contribution in [0.3, 0.4) is 0 Å². The molecular formula is C56H114O20. The Hall–Kier alpha value is -0.800. The predicted molar refractivity (Wildman–Crippen MR) is 292 cm³/mol. The topological polar surface area (TPSA) is 185 Å². The van der Waals surface area contributed by atoms with Gasteiger partial charge in [-0.1, -0.05) is 55.4 Å². The second-order valence-electron chi connectivity index (χ2n) is 18.0. The van der Waals surface area contributed by atoms with Crippen molar-refractivity contribution in [3.8, 4) is 0 Å². The summed E-state index contributed by atoms with van der Waals surface area (Å²) < 4.78 is 122. The molecule has 0 saturated heterocycles. The van der Waals surface area contributed by atoms with Crippen LogP contribution in [0.4, 0.5) is 0 Å². The van der Waals surface area contributed by atoms with Gasteiger partial charge in [0.2, 0.25) is 0 Å². The van der Waals surface area contributed by atoms with E-state index in [0.717, 1.165) is 51.4 Å². The molecule has 0 aromatic carbocycles. The molecule has 0 bridgehead atoms. The molecule has 0 aliphatic rings. The van der Waals surface area contributed by atoms with Crippen LogP contribution in [-0.4, -0.2) is 261 Å². The fourth-order valence-corrected chi connectivity index (χ4v) is 6.59. The van der Waals surface area contributed by atoms with E-state index in [4.69, 9.17) is 94.7 Å². The van der Waals surface area contributed by atoms with Gasteiger partial charge in [-0.3, -0.25) is 0 Å². The minimum Gasteiger partial charge on any atom is -0.379 e. The van der Waals surface area contributed by atoms with Gasteiger partial charge >= 0.3 is 0 Å². The smallest absolute Gasteiger partial charge is 0.109 e. The van der Waals surface area contributed by atoms with E-state index in [1.165, 1.54) is 0 Å². The summed E-state index contributed by atoms with van der Waals surface area (Å²) in [6.45, 7) is 30.9. The van der Waals surface area contributed by atoms with Gasteiger partial charge in [0.1, 0.15) is 36.6 Å². The van der Waals surface area contributed by atoms with Crippen molar-refractivity contribution in [2.75, 3.05) is 225 Å². The summed E-state index contributed by atoms with van der Waals surface area (Å²) in [5.41, 5.74) is 0. The molecule has 0 heterocycles. The van der Waals surface area contributed by atoms with Crippen molar-refractivity contribution in [2.45, 2.75) is 143 Å². The monoisotopic (exact) mass is 1110 g/mol. The molecule has 0 amide bonds. The maximum Gasteiger partial charge on any atom is 0.109 e. The Morgan fingerprint density at radius 2 is 0.342 bits per heavy atom. The third-order valence-corrected chi connectivity index (χ3v) is 10.4. The summed E-state index contributed by atoms with van der Waals surface area (Å²) in [6.07, 6.45) is 4.36. The average molecular weight is 1110 g/mol. The Kier molecular flexibility index (Phi) is 62.7. The van der Waals surface area contributed by atoms with Gasteiger partial charge in [-0.05, 0) is 51.4 Å². The van der Waals surface area contributed by atoms with Gasteiger partial charge in [0.25, 0.3) is 0 Å². The zero-order valence-corrected chi connectivity index (χ0v) is 49.3. The first-order valence-corrected chi connectivity index (χ1v) is 29.3. The molecular weight excluding hydrogens is 993 g/mol. The molecule has 0 spiro atoms. The second kappa shape index (κ2) is 63.4. The van der Waals surface area contributed by atoms with Gasteiger partial charge in [-0.25, -0.2) is 0 Å². The molecule has 0 aliphatic heterocycles. The number of hydrogen-bond acceptors (Lipinski definition) is 20. The third kappa shape index (κ3) is 52.6. The predicted octanol–water partition coefficient (Wildman–Crippen LogP) is 6.81. The van der Waals surface area contributed by atoms with Crippen LogP contribution in [0.1, 0.15) is 107 Å². The van der Waals surface area contributed by atoms with Crippen molar-refractivity contribution in [2.24, 2.45) is 0 Å². The third-order valence-electron chi connectivity index (χ3n) is 10.4. The minimum atomic E-state index is -0.682. The largest absolute Gasteiger partial charge is 0.379 e. The molecule has 76 heavy (non-hydrogen) atoms. The van der Waals surface area contributed by atoms with E-state index in [2.05, 4.69) is 55.4 Å². The first kappa shape index (κ1) is 75.2. The Bertz CT molecular complexity index is 995. The van der Waals surface area contributed by atoms with Crippen LogP contribution in [0.25, 0.3) is 0 Å². The van der Waals surface area contributed by atoms with E-state index in [9.17, 15) is 0 Å². The molecule has 0 N–H and O–H groups in total. The Balaban J connectivity index is 6.87. The minimum absolute atomic E-state index is 0.106. The summed E-state index contributed by atoms with van der Waals surface area (Å²) >= 11 is 0. The van der Waals surface area contributed by atoms with Gasteiger partial charge in [-0.2, -0.15) is 0 Å². The fraction of sp³-hybridized carbons (Fsp3) is 1.00. The zero-order chi connectivity index (χ0) is 55.3. The van der Waals surface area contributed by atoms with Gasteiger partial charge in [-0.15, -0.1) is 0 Å². The van der Waals surface area contributed by atoms with E-state index in [-0.39, 0.29) is 52.9 Å². The molecule has 0 saturated carbocycles. The van der Waals surface area contributed by atoms with Gasteiger partial charge in [0.15, 0.2) is 0 Å². The molecule has 20 heteroatoms. The van der Waals surface area contributed by atoms with Crippen LogP contribution < -0.4 is 0 Å². The van der Waals surface area contributed by atoms with Crippen LogP contribution in [-0.2, 0) is 94.7 Å². The maximum absolute atomic E-state index is 6.84. The highest BCUT2D eigenvalue weighted by Crippen LogP contribution is 2.13. The number of rotatable bonds is 67. The fourth-order valence-electron chi connectivity index (χ4n) is 6.59. The molecule has 20 nitrogen and oxygen atoms in total. The van der Waals surface area contributed by atoms with Crippen molar-refractivity contribution in [3.63, 3.8) is 0 Å². The van der Waals surface area contributed by atoms with Gasteiger partial charge < -0.3 is 94.7 Å². The molecule has 0 fully saturated rings. The molecule has 0 radical (unpaired) electrons. The van der Waals surface area contributed by atoms with E-state index in [0.29, 0.717) is 172 Å². The first-order chi connectivity index (χ1) is 37.5. The summed E-state index contributed by atoms with van der Waals surface area (Å²) in [4.78, 5) is 0. The lowest BCUT2D eigenvalue weighted by atomic mass is 10.2. The van der Waals surface area contributed by atoms with E-state index in [1.54, 1.807) is 0 Å². The molecule has 0 aliphatic carbocycles. The first-order valence-electron chi connectivity index (χ1n) is 29.3. The summed E-state index contributed by atoms with van der Waals surface area (Å²) in [6, 6.07) is 0. The molecule has 6 unspecified atom stereocenters. The highest BCUT2D eigenvalue weighted by Gasteiger charge is 2.29. The van der Waals surface area contributed by atoms with Crippen molar-refractivity contribution < 1.29 is 94.7 Å². The van der Waals surface area contributed by atoms with Crippen LogP contribution in [0.15, 0.2) is 0 Å². The van der Waals surface area contributed by atoms with E-state index < -0.39 is 36.6 Å². The SMILES string of the molecule is CCCOCCOCC(COCC(OCC(COCCOCCC)OCCOCCC)C(COCC(COCCOCCC)OCCOCCC)OCC(COCCOCCC)OCCOCCC)OCCOCCC. The van der Waals surface area contributed by atoms with E-state index in [1.807, 2.05) is 0 Å². The maximum atomic E-state index is 6.84. The van der Waals surface area contributed by atoms with Gasteiger partial charge in [0.05, 0.1) is 172 Å².